The van der Waals surface area contributed by atoms with Gasteiger partial charge < -0.3 is 15.7 Å². The van der Waals surface area contributed by atoms with Crippen molar-refractivity contribution in [2.75, 3.05) is 18.5 Å². The first-order valence-corrected chi connectivity index (χ1v) is 5.56. The first-order chi connectivity index (χ1) is 8.81. The molecule has 0 radical (unpaired) electrons. The molecule has 3 N–H and O–H groups in total. The Morgan fingerprint density at radius 2 is 2.17 bits per heavy atom. The van der Waals surface area contributed by atoms with Gasteiger partial charge in [-0.05, 0) is 18.2 Å². The van der Waals surface area contributed by atoms with Crippen LogP contribution in [0, 0.1) is 0 Å². The van der Waals surface area contributed by atoms with E-state index in [1.165, 1.54) is 0 Å². The van der Waals surface area contributed by atoms with E-state index in [-0.39, 0.29) is 19.2 Å². The molecule has 1 aromatic carbocycles. The number of anilines is 1. The van der Waals surface area contributed by atoms with Crippen LogP contribution in [-0.2, 0) is 0 Å². The summed E-state index contributed by atoms with van der Waals surface area (Å²) in [6, 6.07) is 8.79. The Balaban J connectivity index is 2.16. The third kappa shape index (κ3) is 2.86. The van der Waals surface area contributed by atoms with Crippen LogP contribution in [0.5, 0.6) is 0 Å². The lowest BCUT2D eigenvalue weighted by atomic mass is 10.2. The first kappa shape index (κ1) is 12.1. The molecule has 6 heteroatoms. The van der Waals surface area contributed by atoms with Gasteiger partial charge in [-0.15, -0.1) is 0 Å². The second kappa shape index (κ2) is 5.83. The third-order valence-electron chi connectivity index (χ3n) is 2.30. The molecule has 2 rings (SSSR count). The molecule has 2 amide bonds. The molecule has 6 nitrogen and oxygen atoms in total. The molecule has 0 unspecified atom stereocenters. The molecule has 0 fully saturated rings. The zero-order chi connectivity index (χ0) is 12.8. The van der Waals surface area contributed by atoms with Gasteiger partial charge in [0.25, 0.3) is 0 Å². The number of carbonyl (C=O) groups excluding carboxylic acids is 1. The van der Waals surface area contributed by atoms with E-state index < -0.39 is 0 Å². The standard InChI is InChI=1S/C12H14N4O2/c17-9-7-13-12(18)15-10-4-1-2-5-11(10)16-8-3-6-14-16/h1-6,8,17H,7,9H2,(H2,13,15,18). The number of aliphatic hydroxyl groups is 1. The Morgan fingerprint density at radius 1 is 1.33 bits per heavy atom. The number of aromatic nitrogens is 2. The molecule has 1 heterocycles. The maximum Gasteiger partial charge on any atom is 0.319 e. The molecule has 18 heavy (non-hydrogen) atoms. The molecule has 94 valence electrons. The molecule has 0 aliphatic heterocycles. The fourth-order valence-electron chi connectivity index (χ4n) is 1.53. The molecule has 0 aliphatic rings. The topological polar surface area (TPSA) is 79.2 Å². The lowest BCUT2D eigenvalue weighted by molar-refractivity contribution is 0.245. The lowest BCUT2D eigenvalue weighted by Crippen LogP contribution is -2.31. The van der Waals surface area contributed by atoms with Crippen LogP contribution >= 0.6 is 0 Å². The van der Waals surface area contributed by atoms with Crippen LogP contribution in [0.3, 0.4) is 0 Å². The Morgan fingerprint density at radius 3 is 2.89 bits per heavy atom. The number of nitrogens with zero attached hydrogens (tertiary/aromatic N) is 2. The summed E-state index contributed by atoms with van der Waals surface area (Å²) in [7, 11) is 0. The molecule has 0 saturated heterocycles. The fraction of sp³-hybridized carbons (Fsp3) is 0.167. The number of amides is 2. The maximum absolute atomic E-state index is 11.5. The fourth-order valence-corrected chi connectivity index (χ4v) is 1.53. The summed E-state index contributed by atoms with van der Waals surface area (Å²) in [5.41, 5.74) is 1.43. The molecule has 0 bridgehead atoms. The minimum atomic E-state index is -0.358. The van der Waals surface area contributed by atoms with Gasteiger partial charge in [0.15, 0.2) is 0 Å². The first-order valence-electron chi connectivity index (χ1n) is 5.56. The lowest BCUT2D eigenvalue weighted by Gasteiger charge is -2.11. The third-order valence-corrected chi connectivity index (χ3v) is 2.30. The molecule has 2 aromatic rings. The highest BCUT2D eigenvalue weighted by molar-refractivity contribution is 5.91. The van der Waals surface area contributed by atoms with E-state index >= 15 is 0 Å². The summed E-state index contributed by atoms with van der Waals surface area (Å²) in [6.45, 7) is 0.129. The van der Waals surface area contributed by atoms with Crippen LogP contribution in [0.25, 0.3) is 5.69 Å². The largest absolute Gasteiger partial charge is 0.395 e. The Labute approximate surface area is 104 Å². The second-order valence-electron chi connectivity index (χ2n) is 3.57. The van der Waals surface area contributed by atoms with Crippen molar-refractivity contribution in [3.8, 4) is 5.69 Å². The quantitative estimate of drug-likeness (QED) is 0.752. The number of para-hydroxylation sites is 2. The number of urea groups is 1. The van der Waals surface area contributed by atoms with Crippen LogP contribution in [0.15, 0.2) is 42.7 Å². The zero-order valence-corrected chi connectivity index (χ0v) is 9.71. The second-order valence-corrected chi connectivity index (χ2v) is 3.57. The maximum atomic E-state index is 11.5. The van der Waals surface area contributed by atoms with Gasteiger partial charge in [-0.25, -0.2) is 9.48 Å². The van der Waals surface area contributed by atoms with Crippen molar-refractivity contribution in [1.82, 2.24) is 15.1 Å². The van der Waals surface area contributed by atoms with E-state index in [9.17, 15) is 4.79 Å². The predicted octanol–water partition coefficient (Wildman–Crippen LogP) is 0.986. The Bertz CT molecular complexity index is 511. The van der Waals surface area contributed by atoms with Gasteiger partial charge in [-0.2, -0.15) is 5.10 Å². The van der Waals surface area contributed by atoms with E-state index in [2.05, 4.69) is 15.7 Å². The number of hydrogen-bond donors (Lipinski definition) is 3. The van der Waals surface area contributed by atoms with Crippen LogP contribution in [0.2, 0.25) is 0 Å². The predicted molar refractivity (Wildman–Crippen MR) is 67.7 cm³/mol. The highest BCUT2D eigenvalue weighted by Crippen LogP contribution is 2.18. The van der Waals surface area contributed by atoms with Gasteiger partial charge >= 0.3 is 6.03 Å². The number of hydrogen-bond acceptors (Lipinski definition) is 3. The smallest absolute Gasteiger partial charge is 0.319 e. The van der Waals surface area contributed by atoms with Crippen molar-refractivity contribution in [2.24, 2.45) is 0 Å². The summed E-state index contributed by atoms with van der Waals surface area (Å²) in [5, 5.41) is 18.0. The summed E-state index contributed by atoms with van der Waals surface area (Å²) >= 11 is 0. The zero-order valence-electron chi connectivity index (χ0n) is 9.71. The van der Waals surface area contributed by atoms with Gasteiger partial charge in [0, 0.05) is 18.9 Å². The van der Waals surface area contributed by atoms with Crippen LogP contribution in [0.4, 0.5) is 10.5 Å². The van der Waals surface area contributed by atoms with Gasteiger partial charge in [0.05, 0.1) is 18.0 Å². The summed E-state index contributed by atoms with van der Waals surface area (Å²) < 4.78 is 1.67. The van der Waals surface area contributed by atoms with Gasteiger partial charge in [0.2, 0.25) is 0 Å². The molecule has 0 saturated carbocycles. The average molecular weight is 246 g/mol. The molecule has 0 spiro atoms. The number of rotatable bonds is 4. The highest BCUT2D eigenvalue weighted by atomic mass is 16.3. The number of carbonyl (C=O) groups is 1. The summed E-state index contributed by atoms with van der Waals surface area (Å²) in [5.74, 6) is 0. The minimum Gasteiger partial charge on any atom is -0.395 e. The van der Waals surface area contributed by atoms with Crippen molar-refractivity contribution >= 4 is 11.7 Å². The normalized spacial score (nSPS) is 10.1. The highest BCUT2D eigenvalue weighted by Gasteiger charge is 2.07. The van der Waals surface area contributed by atoms with Crippen molar-refractivity contribution in [2.45, 2.75) is 0 Å². The van der Waals surface area contributed by atoms with Gasteiger partial charge in [0.1, 0.15) is 0 Å². The summed E-state index contributed by atoms with van der Waals surface area (Å²) in [6.07, 6.45) is 3.47. The van der Waals surface area contributed by atoms with Crippen molar-refractivity contribution < 1.29 is 9.90 Å². The molecule has 0 atom stereocenters. The number of benzene rings is 1. The van der Waals surface area contributed by atoms with Crippen LogP contribution in [0.1, 0.15) is 0 Å². The van der Waals surface area contributed by atoms with E-state index in [1.807, 2.05) is 24.3 Å². The minimum absolute atomic E-state index is 0.0891. The average Bonchev–Trinajstić information content (AvgIpc) is 2.91. The van der Waals surface area contributed by atoms with Crippen molar-refractivity contribution in [3.63, 3.8) is 0 Å². The Hall–Kier alpha value is -2.34. The van der Waals surface area contributed by atoms with E-state index in [0.29, 0.717) is 5.69 Å². The van der Waals surface area contributed by atoms with Crippen LogP contribution < -0.4 is 10.6 Å². The van der Waals surface area contributed by atoms with Gasteiger partial charge in [-0.1, -0.05) is 12.1 Å². The van der Waals surface area contributed by atoms with Gasteiger partial charge in [-0.3, -0.25) is 0 Å². The molecule has 0 aliphatic carbocycles. The van der Waals surface area contributed by atoms with Crippen LogP contribution in [-0.4, -0.2) is 34.1 Å². The van der Waals surface area contributed by atoms with E-state index in [4.69, 9.17) is 5.11 Å². The number of aliphatic hydroxyl groups excluding tert-OH is 1. The van der Waals surface area contributed by atoms with E-state index in [0.717, 1.165) is 5.69 Å². The van der Waals surface area contributed by atoms with E-state index in [1.54, 1.807) is 23.1 Å². The Kier molecular flexibility index (Phi) is 3.93. The molecular formula is C12H14N4O2. The SMILES string of the molecule is O=C(NCCO)Nc1ccccc1-n1cccn1. The summed E-state index contributed by atoms with van der Waals surface area (Å²) in [4.78, 5) is 11.5. The van der Waals surface area contributed by atoms with Crippen molar-refractivity contribution in [3.05, 3.63) is 42.7 Å². The molecule has 1 aromatic heterocycles. The molecular weight excluding hydrogens is 232 g/mol. The number of nitrogens with one attached hydrogen (secondary N) is 2. The van der Waals surface area contributed by atoms with Crippen molar-refractivity contribution in [1.29, 1.82) is 0 Å². The monoisotopic (exact) mass is 246 g/mol.